The Kier molecular flexibility index (Phi) is 10.0. The molecule has 0 unspecified atom stereocenters. The number of carbonyl (C=O) groups excluding carboxylic acids is 2. The molecule has 4 atom stereocenters. The van der Waals surface area contributed by atoms with E-state index in [0.29, 0.717) is 0 Å². The Morgan fingerprint density at radius 2 is 1.88 bits per heavy atom. The molecule has 2 rings (SSSR count). The standard InChI is InChI=1S/C17H27NO6.CH4.Na/c1-6-10(7-2)22-12-8-11(16(20)21)14-15(13(12)18-9(3)19)24-17(4,5)23-14;;/h8,10,12-15H,6-7H2,1-5H3,(H,18,19)(H,20,21);1H4;/q;;+1/p-1/t12-,13+,14-,15+;;/m1../s1. The monoisotopic (exact) mass is 379 g/mol. The zero-order chi connectivity index (χ0) is 18.1. The van der Waals surface area contributed by atoms with Crippen molar-refractivity contribution in [2.24, 2.45) is 0 Å². The second-order valence-corrected chi connectivity index (χ2v) is 6.70. The van der Waals surface area contributed by atoms with E-state index in [4.69, 9.17) is 14.2 Å². The molecule has 1 aliphatic heterocycles. The van der Waals surface area contributed by atoms with Crippen molar-refractivity contribution in [2.45, 2.75) is 91.1 Å². The minimum atomic E-state index is -1.31. The van der Waals surface area contributed by atoms with Gasteiger partial charge in [-0.1, -0.05) is 21.3 Å². The fourth-order valence-electron chi connectivity index (χ4n) is 3.27. The fourth-order valence-corrected chi connectivity index (χ4v) is 3.27. The van der Waals surface area contributed by atoms with E-state index in [1.807, 2.05) is 13.8 Å². The van der Waals surface area contributed by atoms with Crippen molar-refractivity contribution in [2.75, 3.05) is 0 Å². The first-order valence-corrected chi connectivity index (χ1v) is 8.39. The van der Waals surface area contributed by atoms with Gasteiger partial charge in [0.2, 0.25) is 5.91 Å². The van der Waals surface area contributed by atoms with Gasteiger partial charge in [-0.3, -0.25) is 4.79 Å². The third-order valence-electron chi connectivity index (χ3n) is 4.35. The van der Waals surface area contributed by atoms with Gasteiger partial charge in [0.15, 0.2) is 5.79 Å². The van der Waals surface area contributed by atoms with E-state index < -0.39 is 36.1 Å². The zero-order valence-electron chi connectivity index (χ0n) is 15.8. The number of carbonyl (C=O) groups is 2. The number of hydrogen-bond acceptors (Lipinski definition) is 6. The second kappa shape index (κ2) is 10.2. The molecule has 0 bridgehead atoms. The fraction of sp³-hybridized carbons (Fsp3) is 0.778. The van der Waals surface area contributed by atoms with E-state index in [0.717, 1.165) is 12.8 Å². The number of hydrogen-bond donors (Lipinski definition) is 1. The Hall–Kier alpha value is -0.440. The van der Waals surface area contributed by atoms with Gasteiger partial charge in [-0.2, -0.15) is 0 Å². The summed E-state index contributed by atoms with van der Waals surface area (Å²) in [5, 5.41) is 14.4. The van der Waals surface area contributed by atoms with Crippen LogP contribution in [-0.4, -0.2) is 48.1 Å². The van der Waals surface area contributed by atoms with Gasteiger partial charge >= 0.3 is 29.6 Å². The van der Waals surface area contributed by atoms with E-state index in [2.05, 4.69) is 5.32 Å². The molecule has 0 radical (unpaired) electrons. The van der Waals surface area contributed by atoms with Gasteiger partial charge in [0.1, 0.15) is 12.2 Å². The smallest absolute Gasteiger partial charge is 0.545 e. The van der Waals surface area contributed by atoms with Crippen LogP contribution in [0.25, 0.3) is 0 Å². The Bertz CT molecular complexity index is 532. The van der Waals surface area contributed by atoms with Crippen molar-refractivity contribution < 1.29 is 58.5 Å². The number of ether oxygens (including phenoxy) is 3. The van der Waals surface area contributed by atoms with Crippen LogP contribution in [0.3, 0.4) is 0 Å². The molecule has 7 nitrogen and oxygen atoms in total. The molecule has 0 aromatic carbocycles. The van der Waals surface area contributed by atoms with Gasteiger partial charge in [-0.15, -0.1) is 0 Å². The Morgan fingerprint density at radius 3 is 2.35 bits per heavy atom. The predicted octanol–water partition coefficient (Wildman–Crippen LogP) is -2.08. The van der Waals surface area contributed by atoms with Gasteiger partial charge in [0.05, 0.1) is 24.2 Å². The number of amides is 1. The van der Waals surface area contributed by atoms with Crippen LogP contribution in [0.5, 0.6) is 0 Å². The van der Waals surface area contributed by atoms with Crippen LogP contribution in [0, 0.1) is 0 Å². The number of carboxylic acids is 1. The summed E-state index contributed by atoms with van der Waals surface area (Å²) < 4.78 is 17.6. The largest absolute Gasteiger partial charge is 1.00 e. The maximum absolute atomic E-state index is 11.6. The van der Waals surface area contributed by atoms with E-state index in [-0.39, 0.29) is 54.6 Å². The van der Waals surface area contributed by atoms with Gasteiger partial charge in [-0.25, -0.2) is 0 Å². The van der Waals surface area contributed by atoms with E-state index in [1.54, 1.807) is 13.8 Å². The number of aliphatic carboxylic acids is 1. The summed E-state index contributed by atoms with van der Waals surface area (Å²) in [6.45, 7) is 8.81. The zero-order valence-corrected chi connectivity index (χ0v) is 17.8. The molecular weight excluding hydrogens is 349 g/mol. The minimum Gasteiger partial charge on any atom is -0.545 e. The molecule has 26 heavy (non-hydrogen) atoms. The topological polar surface area (TPSA) is 96.9 Å². The van der Waals surface area contributed by atoms with Crippen molar-refractivity contribution in [3.8, 4) is 0 Å². The van der Waals surface area contributed by atoms with Crippen molar-refractivity contribution >= 4 is 11.9 Å². The van der Waals surface area contributed by atoms with Gasteiger partial charge in [-0.05, 0) is 32.8 Å². The quantitative estimate of drug-likeness (QED) is 0.532. The van der Waals surface area contributed by atoms with Crippen LogP contribution in [0.4, 0.5) is 0 Å². The molecule has 1 saturated heterocycles. The molecule has 1 aliphatic carbocycles. The molecule has 1 N–H and O–H groups in total. The van der Waals surface area contributed by atoms with Gasteiger partial charge in [0, 0.05) is 12.5 Å². The van der Waals surface area contributed by atoms with Crippen LogP contribution in [0.15, 0.2) is 11.6 Å². The summed E-state index contributed by atoms with van der Waals surface area (Å²) in [5.74, 6) is -2.51. The van der Waals surface area contributed by atoms with E-state index in [9.17, 15) is 14.7 Å². The molecule has 144 valence electrons. The summed E-state index contributed by atoms with van der Waals surface area (Å²) >= 11 is 0. The molecule has 0 aromatic heterocycles. The first kappa shape index (κ1) is 25.6. The molecule has 0 saturated carbocycles. The summed E-state index contributed by atoms with van der Waals surface area (Å²) in [4.78, 5) is 23.2. The van der Waals surface area contributed by atoms with Crippen LogP contribution >= 0.6 is 0 Å². The maximum Gasteiger partial charge on any atom is 1.00 e. The van der Waals surface area contributed by atoms with E-state index >= 15 is 0 Å². The molecule has 0 aromatic rings. The summed E-state index contributed by atoms with van der Waals surface area (Å²) in [5.41, 5.74) is 0.00290. The molecule has 1 amide bonds. The van der Waals surface area contributed by atoms with Crippen LogP contribution in [0.1, 0.15) is 54.9 Å². The number of rotatable bonds is 6. The summed E-state index contributed by atoms with van der Waals surface area (Å²) in [7, 11) is 0. The molecule has 0 spiro atoms. The molecular formula is C18H30NNaO6. The van der Waals surface area contributed by atoms with Crippen LogP contribution in [0.2, 0.25) is 0 Å². The first-order valence-electron chi connectivity index (χ1n) is 8.39. The number of fused-ring (bicyclic) bond motifs is 1. The third kappa shape index (κ3) is 5.78. The molecule has 2 aliphatic rings. The second-order valence-electron chi connectivity index (χ2n) is 6.70. The van der Waals surface area contributed by atoms with E-state index in [1.165, 1.54) is 13.0 Å². The van der Waals surface area contributed by atoms with Crippen LogP contribution < -0.4 is 40.0 Å². The van der Waals surface area contributed by atoms with Gasteiger partial charge in [0.25, 0.3) is 0 Å². The predicted molar refractivity (Wildman–Crippen MR) is 90.5 cm³/mol. The third-order valence-corrected chi connectivity index (χ3v) is 4.35. The number of carboxylic acid groups (broad SMARTS) is 1. The molecule has 8 heteroatoms. The first-order chi connectivity index (χ1) is 11.2. The Labute approximate surface area is 178 Å². The summed E-state index contributed by atoms with van der Waals surface area (Å²) in [6, 6.07) is -0.530. The van der Waals surface area contributed by atoms with Gasteiger partial charge < -0.3 is 29.4 Å². The van der Waals surface area contributed by atoms with Crippen LogP contribution in [-0.2, 0) is 23.8 Å². The molecule has 1 heterocycles. The van der Waals surface area contributed by atoms with Crippen molar-refractivity contribution in [3.63, 3.8) is 0 Å². The Balaban J connectivity index is 0.00000312. The Morgan fingerprint density at radius 1 is 1.31 bits per heavy atom. The van der Waals surface area contributed by atoms with Crippen molar-refractivity contribution in [1.82, 2.24) is 5.32 Å². The number of nitrogens with one attached hydrogen (secondary N) is 1. The maximum atomic E-state index is 11.6. The minimum absolute atomic E-state index is 0. The SMILES string of the molecule is C.CCC(CC)O[C@@H]1C=C(C(=O)[O-])[C@H]2OC(C)(C)O[C@H]2[C@H]1NC(C)=O.[Na+]. The average Bonchev–Trinajstić information content (AvgIpc) is 2.80. The average molecular weight is 379 g/mol. The van der Waals surface area contributed by atoms with Crippen molar-refractivity contribution in [1.29, 1.82) is 0 Å². The normalized spacial score (nSPS) is 29.1. The molecule has 1 fully saturated rings. The van der Waals surface area contributed by atoms with Crippen molar-refractivity contribution in [3.05, 3.63) is 11.6 Å². The summed E-state index contributed by atoms with van der Waals surface area (Å²) in [6.07, 6.45) is 0.934.